The fraction of sp³-hybridized carbons (Fsp3) is 0.286. The molecule has 0 atom stereocenters. The molecular weight excluding hydrogens is 320 g/mol. The second kappa shape index (κ2) is 6.67. The van der Waals surface area contributed by atoms with Gasteiger partial charge in [0.05, 0.1) is 12.8 Å². The summed E-state index contributed by atoms with van der Waals surface area (Å²) in [5, 5.41) is 8.50. The SMILES string of the molecule is COc1ccc(Br)cc1-c1ccc(N(C)CCN)nn1. The van der Waals surface area contributed by atoms with E-state index in [1.54, 1.807) is 7.11 Å². The minimum Gasteiger partial charge on any atom is -0.496 e. The molecule has 2 N–H and O–H groups in total. The minimum atomic E-state index is 0.583. The third-order valence-corrected chi connectivity index (χ3v) is 3.44. The standard InChI is InChI=1S/C14H17BrN4O/c1-19(8-7-16)14-6-4-12(17-18-14)11-9-10(15)3-5-13(11)20-2/h3-6,9H,7-8,16H2,1-2H3. The predicted molar refractivity (Wildman–Crippen MR) is 84.0 cm³/mol. The normalized spacial score (nSPS) is 10.4. The molecule has 1 aromatic heterocycles. The Hall–Kier alpha value is -1.66. The van der Waals surface area contributed by atoms with Crippen molar-refractivity contribution in [2.45, 2.75) is 0 Å². The lowest BCUT2D eigenvalue weighted by atomic mass is 10.1. The number of aromatic nitrogens is 2. The minimum absolute atomic E-state index is 0.583. The molecule has 0 radical (unpaired) electrons. The van der Waals surface area contributed by atoms with Gasteiger partial charge in [0.25, 0.3) is 0 Å². The predicted octanol–water partition coefficient (Wildman–Crippen LogP) is 2.31. The van der Waals surface area contributed by atoms with E-state index < -0.39 is 0 Å². The van der Waals surface area contributed by atoms with Gasteiger partial charge in [-0.2, -0.15) is 0 Å². The molecule has 0 aliphatic heterocycles. The molecule has 106 valence electrons. The molecule has 5 nitrogen and oxygen atoms in total. The summed E-state index contributed by atoms with van der Waals surface area (Å²) in [6.45, 7) is 1.33. The van der Waals surface area contributed by atoms with E-state index in [9.17, 15) is 0 Å². The van der Waals surface area contributed by atoms with E-state index in [-0.39, 0.29) is 0 Å². The maximum absolute atomic E-state index is 5.53. The molecule has 2 aromatic rings. The number of hydrogen-bond donors (Lipinski definition) is 1. The molecule has 1 heterocycles. The van der Waals surface area contributed by atoms with Crippen LogP contribution in [-0.4, -0.2) is 37.4 Å². The van der Waals surface area contributed by atoms with E-state index in [0.29, 0.717) is 6.54 Å². The van der Waals surface area contributed by atoms with Gasteiger partial charge in [-0.3, -0.25) is 0 Å². The van der Waals surface area contributed by atoms with Crippen molar-refractivity contribution in [2.75, 3.05) is 32.1 Å². The summed E-state index contributed by atoms with van der Waals surface area (Å²) in [7, 11) is 3.58. The highest BCUT2D eigenvalue weighted by molar-refractivity contribution is 9.10. The van der Waals surface area contributed by atoms with Gasteiger partial charge in [-0.25, -0.2) is 0 Å². The van der Waals surface area contributed by atoms with E-state index in [1.165, 1.54) is 0 Å². The molecule has 0 spiro atoms. The van der Waals surface area contributed by atoms with E-state index in [2.05, 4.69) is 26.1 Å². The summed E-state index contributed by atoms with van der Waals surface area (Å²) >= 11 is 3.46. The molecule has 0 aliphatic rings. The van der Waals surface area contributed by atoms with Crippen LogP contribution in [0.5, 0.6) is 5.75 Å². The molecule has 0 saturated carbocycles. The summed E-state index contributed by atoms with van der Waals surface area (Å²) in [4.78, 5) is 1.97. The zero-order chi connectivity index (χ0) is 14.5. The van der Waals surface area contributed by atoms with Crippen molar-refractivity contribution in [3.63, 3.8) is 0 Å². The first-order valence-corrected chi connectivity index (χ1v) is 7.04. The van der Waals surface area contributed by atoms with Gasteiger partial charge in [-0.05, 0) is 30.3 Å². The van der Waals surface area contributed by atoms with Crippen LogP contribution >= 0.6 is 15.9 Å². The number of anilines is 1. The number of rotatable bonds is 5. The maximum atomic E-state index is 5.53. The van der Waals surface area contributed by atoms with Crippen LogP contribution < -0.4 is 15.4 Å². The van der Waals surface area contributed by atoms with Crippen LogP contribution in [0.3, 0.4) is 0 Å². The number of hydrogen-bond acceptors (Lipinski definition) is 5. The van der Waals surface area contributed by atoms with Gasteiger partial charge >= 0.3 is 0 Å². The number of likely N-dealkylation sites (N-methyl/N-ethyl adjacent to an activating group) is 1. The number of benzene rings is 1. The van der Waals surface area contributed by atoms with E-state index in [0.717, 1.165) is 33.8 Å². The highest BCUT2D eigenvalue weighted by Crippen LogP contribution is 2.31. The Morgan fingerprint density at radius 3 is 2.65 bits per heavy atom. The van der Waals surface area contributed by atoms with Crippen molar-refractivity contribution < 1.29 is 4.74 Å². The number of halogens is 1. The van der Waals surface area contributed by atoms with E-state index in [4.69, 9.17) is 10.5 Å². The topological polar surface area (TPSA) is 64.3 Å². The average Bonchev–Trinajstić information content (AvgIpc) is 2.47. The van der Waals surface area contributed by atoms with Crippen molar-refractivity contribution in [3.8, 4) is 17.0 Å². The first kappa shape index (κ1) is 14.7. The van der Waals surface area contributed by atoms with Crippen LogP contribution in [0.25, 0.3) is 11.3 Å². The van der Waals surface area contributed by atoms with E-state index >= 15 is 0 Å². The van der Waals surface area contributed by atoms with Gasteiger partial charge in [-0.1, -0.05) is 15.9 Å². The molecular formula is C14H17BrN4O. The Morgan fingerprint density at radius 2 is 2.05 bits per heavy atom. The molecule has 0 bridgehead atoms. The van der Waals surface area contributed by atoms with Gasteiger partial charge < -0.3 is 15.4 Å². The molecule has 0 fully saturated rings. The monoisotopic (exact) mass is 336 g/mol. The Balaban J connectivity index is 2.32. The van der Waals surface area contributed by atoms with Crippen molar-refractivity contribution in [1.82, 2.24) is 10.2 Å². The van der Waals surface area contributed by atoms with Crippen LogP contribution in [0.1, 0.15) is 0 Å². The zero-order valence-corrected chi connectivity index (χ0v) is 13.1. The fourth-order valence-electron chi connectivity index (χ4n) is 1.86. The number of nitrogens with two attached hydrogens (primary N) is 1. The lowest BCUT2D eigenvalue weighted by Gasteiger charge is -2.16. The molecule has 1 aromatic carbocycles. The Bertz CT molecular complexity index is 574. The largest absolute Gasteiger partial charge is 0.496 e. The smallest absolute Gasteiger partial charge is 0.151 e. The quantitative estimate of drug-likeness (QED) is 0.907. The van der Waals surface area contributed by atoms with Gasteiger partial charge in [0.1, 0.15) is 5.75 Å². The first-order chi connectivity index (χ1) is 9.65. The van der Waals surface area contributed by atoms with Crippen LogP contribution in [0.15, 0.2) is 34.8 Å². The number of methoxy groups -OCH3 is 1. The molecule has 20 heavy (non-hydrogen) atoms. The fourth-order valence-corrected chi connectivity index (χ4v) is 2.22. The van der Waals surface area contributed by atoms with Crippen molar-refractivity contribution in [3.05, 3.63) is 34.8 Å². The zero-order valence-electron chi connectivity index (χ0n) is 11.5. The Kier molecular flexibility index (Phi) is 4.92. The highest BCUT2D eigenvalue weighted by atomic mass is 79.9. The third-order valence-electron chi connectivity index (χ3n) is 2.94. The number of nitrogens with zero attached hydrogens (tertiary/aromatic N) is 3. The van der Waals surface area contributed by atoms with Crippen molar-refractivity contribution >= 4 is 21.7 Å². The number of ether oxygens (including phenoxy) is 1. The van der Waals surface area contributed by atoms with Gasteiger partial charge in [0.15, 0.2) is 5.82 Å². The lowest BCUT2D eigenvalue weighted by molar-refractivity contribution is 0.416. The molecule has 6 heteroatoms. The molecule has 0 amide bonds. The molecule has 0 aliphatic carbocycles. The Morgan fingerprint density at radius 1 is 1.25 bits per heavy atom. The van der Waals surface area contributed by atoms with Crippen LogP contribution in [0.2, 0.25) is 0 Å². The van der Waals surface area contributed by atoms with Crippen LogP contribution in [0, 0.1) is 0 Å². The summed E-state index contributed by atoms with van der Waals surface area (Å²) in [6.07, 6.45) is 0. The van der Waals surface area contributed by atoms with Gasteiger partial charge in [-0.15, -0.1) is 10.2 Å². The van der Waals surface area contributed by atoms with Crippen molar-refractivity contribution in [1.29, 1.82) is 0 Å². The van der Waals surface area contributed by atoms with E-state index in [1.807, 2.05) is 42.3 Å². The summed E-state index contributed by atoms with van der Waals surface area (Å²) in [6, 6.07) is 9.65. The maximum Gasteiger partial charge on any atom is 0.151 e. The third kappa shape index (κ3) is 3.26. The molecule has 0 saturated heterocycles. The lowest BCUT2D eigenvalue weighted by Crippen LogP contribution is -2.25. The summed E-state index contributed by atoms with van der Waals surface area (Å²) < 4.78 is 6.33. The molecule has 2 rings (SSSR count). The second-order valence-corrected chi connectivity index (χ2v) is 5.25. The van der Waals surface area contributed by atoms with Gasteiger partial charge in [0, 0.05) is 30.2 Å². The van der Waals surface area contributed by atoms with Crippen molar-refractivity contribution in [2.24, 2.45) is 5.73 Å². The first-order valence-electron chi connectivity index (χ1n) is 6.24. The summed E-state index contributed by atoms with van der Waals surface area (Å²) in [5.41, 5.74) is 7.21. The Labute approximate surface area is 126 Å². The highest BCUT2D eigenvalue weighted by Gasteiger charge is 2.09. The van der Waals surface area contributed by atoms with Crippen LogP contribution in [-0.2, 0) is 0 Å². The van der Waals surface area contributed by atoms with Crippen LogP contribution in [0.4, 0.5) is 5.82 Å². The molecule has 0 unspecified atom stereocenters. The summed E-state index contributed by atoms with van der Waals surface area (Å²) in [5.74, 6) is 1.57. The van der Waals surface area contributed by atoms with Gasteiger partial charge in [0.2, 0.25) is 0 Å². The second-order valence-electron chi connectivity index (χ2n) is 4.33. The average molecular weight is 337 g/mol.